The average molecular weight is 316 g/mol. The van der Waals surface area contributed by atoms with Gasteiger partial charge in [0.1, 0.15) is 0 Å². The number of hydrogen-bond acceptors (Lipinski definition) is 2. The molecular formula is C15H14BrN3. The fraction of sp³-hybridized carbons (Fsp3) is 0.200. The van der Waals surface area contributed by atoms with Crippen LogP contribution in [0.15, 0.2) is 34.8 Å². The SMILES string of the molecule is Cc1cc(C)n2nc(C)c(-c3cccc(Br)c3)c2n1. The topological polar surface area (TPSA) is 30.2 Å². The lowest BCUT2D eigenvalue weighted by atomic mass is 10.1. The minimum atomic E-state index is 0.924. The van der Waals surface area contributed by atoms with Crippen LogP contribution in [0.2, 0.25) is 0 Å². The lowest BCUT2D eigenvalue weighted by Crippen LogP contribution is -1.97. The van der Waals surface area contributed by atoms with Crippen LogP contribution in [0.25, 0.3) is 16.8 Å². The van der Waals surface area contributed by atoms with Gasteiger partial charge in [-0.05, 0) is 44.5 Å². The van der Waals surface area contributed by atoms with Gasteiger partial charge in [0.15, 0.2) is 5.65 Å². The molecule has 96 valence electrons. The van der Waals surface area contributed by atoms with Gasteiger partial charge in [0, 0.05) is 21.4 Å². The molecule has 3 rings (SSSR count). The third kappa shape index (κ3) is 2.06. The van der Waals surface area contributed by atoms with Crippen LogP contribution in [0.4, 0.5) is 0 Å². The number of nitrogens with zero attached hydrogens (tertiary/aromatic N) is 3. The molecule has 0 bridgehead atoms. The number of halogens is 1. The van der Waals surface area contributed by atoms with E-state index >= 15 is 0 Å². The van der Waals surface area contributed by atoms with E-state index in [0.717, 1.165) is 38.3 Å². The Hall–Kier alpha value is -1.68. The average Bonchev–Trinajstić information content (AvgIpc) is 2.66. The number of hydrogen-bond donors (Lipinski definition) is 0. The molecule has 0 N–H and O–H groups in total. The minimum Gasteiger partial charge on any atom is -0.233 e. The van der Waals surface area contributed by atoms with Crippen LogP contribution >= 0.6 is 15.9 Å². The molecule has 0 saturated carbocycles. The Morgan fingerprint density at radius 3 is 2.63 bits per heavy atom. The van der Waals surface area contributed by atoms with E-state index in [1.54, 1.807) is 0 Å². The number of fused-ring (bicyclic) bond motifs is 1. The first kappa shape index (κ1) is 12.4. The van der Waals surface area contributed by atoms with Gasteiger partial charge in [0.25, 0.3) is 0 Å². The van der Waals surface area contributed by atoms with Crippen LogP contribution in [-0.2, 0) is 0 Å². The van der Waals surface area contributed by atoms with E-state index in [1.807, 2.05) is 36.6 Å². The van der Waals surface area contributed by atoms with Gasteiger partial charge in [-0.2, -0.15) is 5.10 Å². The van der Waals surface area contributed by atoms with Crippen molar-refractivity contribution in [3.63, 3.8) is 0 Å². The monoisotopic (exact) mass is 315 g/mol. The molecule has 4 heteroatoms. The van der Waals surface area contributed by atoms with Gasteiger partial charge in [0.05, 0.1) is 5.69 Å². The summed E-state index contributed by atoms with van der Waals surface area (Å²) in [4.78, 5) is 4.65. The molecule has 3 aromatic rings. The predicted molar refractivity (Wildman–Crippen MR) is 80.3 cm³/mol. The summed E-state index contributed by atoms with van der Waals surface area (Å²) in [5, 5.41) is 4.60. The van der Waals surface area contributed by atoms with E-state index in [0.29, 0.717) is 0 Å². The van der Waals surface area contributed by atoms with Crippen LogP contribution in [0.1, 0.15) is 17.1 Å². The van der Waals surface area contributed by atoms with E-state index in [9.17, 15) is 0 Å². The second-order valence-corrected chi connectivity index (χ2v) is 5.66. The van der Waals surface area contributed by atoms with Crippen LogP contribution in [0.5, 0.6) is 0 Å². The number of aryl methyl sites for hydroxylation is 3. The van der Waals surface area contributed by atoms with Crippen molar-refractivity contribution in [3.8, 4) is 11.1 Å². The molecular weight excluding hydrogens is 302 g/mol. The summed E-state index contributed by atoms with van der Waals surface area (Å²) >= 11 is 3.52. The van der Waals surface area contributed by atoms with Gasteiger partial charge in [-0.1, -0.05) is 28.1 Å². The largest absolute Gasteiger partial charge is 0.233 e. The molecule has 3 nitrogen and oxygen atoms in total. The van der Waals surface area contributed by atoms with Crippen molar-refractivity contribution in [2.45, 2.75) is 20.8 Å². The first-order chi connectivity index (χ1) is 9.06. The van der Waals surface area contributed by atoms with E-state index in [1.165, 1.54) is 0 Å². The van der Waals surface area contributed by atoms with E-state index in [-0.39, 0.29) is 0 Å². The molecule has 0 atom stereocenters. The first-order valence-electron chi connectivity index (χ1n) is 6.16. The number of aromatic nitrogens is 3. The molecule has 2 aromatic heterocycles. The maximum atomic E-state index is 4.65. The van der Waals surface area contributed by atoms with Crippen molar-refractivity contribution in [2.24, 2.45) is 0 Å². The molecule has 0 radical (unpaired) electrons. The highest BCUT2D eigenvalue weighted by molar-refractivity contribution is 9.10. The second kappa shape index (κ2) is 4.46. The van der Waals surface area contributed by atoms with Gasteiger partial charge < -0.3 is 0 Å². The molecule has 0 spiro atoms. The summed E-state index contributed by atoms with van der Waals surface area (Å²) in [5.41, 5.74) is 6.29. The lowest BCUT2D eigenvalue weighted by Gasteiger charge is -2.03. The summed E-state index contributed by atoms with van der Waals surface area (Å²) in [6.45, 7) is 6.10. The smallest absolute Gasteiger partial charge is 0.163 e. The number of benzene rings is 1. The van der Waals surface area contributed by atoms with E-state index in [2.05, 4.69) is 45.1 Å². The molecule has 0 aliphatic rings. The molecule has 0 unspecified atom stereocenters. The molecule has 2 heterocycles. The van der Waals surface area contributed by atoms with Crippen molar-refractivity contribution < 1.29 is 0 Å². The van der Waals surface area contributed by atoms with Gasteiger partial charge >= 0.3 is 0 Å². The molecule has 1 aromatic carbocycles. The normalized spacial score (nSPS) is 11.2. The van der Waals surface area contributed by atoms with Crippen molar-refractivity contribution in [1.82, 2.24) is 14.6 Å². The molecule has 0 aliphatic heterocycles. The summed E-state index contributed by atoms with van der Waals surface area (Å²) in [7, 11) is 0. The molecule has 19 heavy (non-hydrogen) atoms. The second-order valence-electron chi connectivity index (χ2n) is 4.75. The van der Waals surface area contributed by atoms with Crippen LogP contribution in [0, 0.1) is 20.8 Å². The van der Waals surface area contributed by atoms with E-state index < -0.39 is 0 Å². The van der Waals surface area contributed by atoms with Crippen molar-refractivity contribution in [1.29, 1.82) is 0 Å². The molecule has 0 fully saturated rings. The Balaban J connectivity index is 2.38. The van der Waals surface area contributed by atoms with Crippen molar-refractivity contribution in [2.75, 3.05) is 0 Å². The van der Waals surface area contributed by atoms with Crippen molar-refractivity contribution >= 4 is 21.6 Å². The zero-order chi connectivity index (χ0) is 13.6. The fourth-order valence-corrected chi connectivity index (χ4v) is 2.81. The zero-order valence-corrected chi connectivity index (χ0v) is 12.7. The van der Waals surface area contributed by atoms with Crippen LogP contribution < -0.4 is 0 Å². The Kier molecular flexibility index (Phi) is 2.90. The number of rotatable bonds is 1. The summed E-state index contributed by atoms with van der Waals surface area (Å²) in [6.07, 6.45) is 0. The quantitative estimate of drug-likeness (QED) is 0.677. The molecule has 0 amide bonds. The Morgan fingerprint density at radius 1 is 1.11 bits per heavy atom. The van der Waals surface area contributed by atoms with Crippen LogP contribution in [-0.4, -0.2) is 14.6 Å². The Morgan fingerprint density at radius 2 is 1.89 bits per heavy atom. The summed E-state index contributed by atoms with van der Waals surface area (Å²) < 4.78 is 2.98. The van der Waals surface area contributed by atoms with Gasteiger partial charge in [0.2, 0.25) is 0 Å². The Labute approximate surface area is 120 Å². The van der Waals surface area contributed by atoms with Gasteiger partial charge in [-0.15, -0.1) is 0 Å². The summed E-state index contributed by atoms with van der Waals surface area (Å²) in [5.74, 6) is 0. The maximum Gasteiger partial charge on any atom is 0.163 e. The zero-order valence-electron chi connectivity index (χ0n) is 11.1. The third-order valence-corrected chi connectivity index (χ3v) is 3.68. The van der Waals surface area contributed by atoms with Gasteiger partial charge in [-0.3, -0.25) is 0 Å². The maximum absolute atomic E-state index is 4.65. The fourth-order valence-electron chi connectivity index (χ4n) is 2.41. The third-order valence-electron chi connectivity index (χ3n) is 3.18. The minimum absolute atomic E-state index is 0.924. The highest BCUT2D eigenvalue weighted by atomic mass is 79.9. The summed E-state index contributed by atoms with van der Waals surface area (Å²) in [6, 6.07) is 10.3. The molecule has 0 saturated heterocycles. The van der Waals surface area contributed by atoms with Gasteiger partial charge in [-0.25, -0.2) is 9.50 Å². The Bertz CT molecular complexity index is 774. The highest BCUT2D eigenvalue weighted by Crippen LogP contribution is 2.29. The highest BCUT2D eigenvalue weighted by Gasteiger charge is 2.14. The predicted octanol–water partition coefficient (Wildman–Crippen LogP) is 4.08. The standard InChI is InChI=1S/C15H14BrN3/c1-9-7-10(2)19-15(17-9)14(11(3)18-19)12-5-4-6-13(16)8-12/h4-8H,1-3H3. The van der Waals surface area contributed by atoms with E-state index in [4.69, 9.17) is 0 Å². The van der Waals surface area contributed by atoms with Crippen molar-refractivity contribution in [3.05, 3.63) is 51.9 Å². The first-order valence-corrected chi connectivity index (χ1v) is 6.95. The van der Waals surface area contributed by atoms with Crippen LogP contribution in [0.3, 0.4) is 0 Å². The lowest BCUT2D eigenvalue weighted by molar-refractivity contribution is 0.870. The molecule has 0 aliphatic carbocycles.